The minimum Gasteiger partial charge on any atom is -0.382 e. The minimum atomic E-state index is -0.330. The normalized spacial score (nSPS) is 16.3. The molecule has 0 aromatic carbocycles. The Morgan fingerprint density at radius 3 is 2.91 bits per heavy atom. The average Bonchev–Trinajstić information content (AvgIpc) is 2.37. The first kappa shape index (κ1) is 8.71. The second-order valence-corrected chi connectivity index (χ2v) is 3.78. The molecule has 0 saturated carbocycles. The van der Waals surface area contributed by atoms with Crippen molar-refractivity contribution in [1.29, 1.82) is 0 Å². The van der Waals surface area contributed by atoms with Gasteiger partial charge in [-0.2, -0.15) is 0 Å². The van der Waals surface area contributed by atoms with Gasteiger partial charge in [0, 0.05) is 12.0 Å². The van der Waals surface area contributed by atoms with E-state index in [2.05, 4.69) is 0 Å². The number of nitrogens with two attached hydrogens (primary N) is 1. The molecule has 2 N–H and O–H groups in total. The molecule has 1 aromatic rings. The van der Waals surface area contributed by atoms with Gasteiger partial charge in [-0.15, -0.1) is 11.3 Å². The first-order chi connectivity index (χ1) is 5.17. The number of hydrogen-bond donors (Lipinski definition) is 1. The van der Waals surface area contributed by atoms with Crippen molar-refractivity contribution >= 4 is 11.3 Å². The monoisotopic (exact) mass is 171 g/mol. The summed E-state index contributed by atoms with van der Waals surface area (Å²) < 4.78 is 5.01. The van der Waals surface area contributed by atoms with Gasteiger partial charge in [-0.1, -0.05) is 6.07 Å². The van der Waals surface area contributed by atoms with Crippen LogP contribution in [0.4, 0.5) is 0 Å². The van der Waals surface area contributed by atoms with E-state index in [0.717, 1.165) is 0 Å². The Morgan fingerprint density at radius 2 is 2.45 bits per heavy atom. The highest BCUT2D eigenvalue weighted by Crippen LogP contribution is 2.22. The lowest BCUT2D eigenvalue weighted by molar-refractivity contribution is 0.142. The molecule has 0 spiro atoms. The van der Waals surface area contributed by atoms with Gasteiger partial charge >= 0.3 is 0 Å². The Morgan fingerprint density at radius 1 is 1.73 bits per heavy atom. The van der Waals surface area contributed by atoms with Crippen LogP contribution in [0.2, 0.25) is 0 Å². The number of rotatable bonds is 3. The molecule has 0 saturated heterocycles. The van der Waals surface area contributed by atoms with Crippen LogP contribution in [0.5, 0.6) is 0 Å². The highest BCUT2D eigenvalue weighted by Gasteiger charge is 2.21. The van der Waals surface area contributed by atoms with Gasteiger partial charge in [0.05, 0.1) is 12.1 Å². The fourth-order valence-corrected chi connectivity index (χ4v) is 1.76. The first-order valence-electron chi connectivity index (χ1n) is 3.48. The summed E-state index contributed by atoms with van der Waals surface area (Å²) in [7, 11) is 1.67. The van der Waals surface area contributed by atoms with Crippen molar-refractivity contribution < 1.29 is 4.74 Å². The van der Waals surface area contributed by atoms with Gasteiger partial charge in [0.2, 0.25) is 0 Å². The maximum atomic E-state index is 5.98. The highest BCUT2D eigenvalue weighted by atomic mass is 32.1. The third-order valence-corrected chi connectivity index (χ3v) is 2.68. The van der Waals surface area contributed by atoms with Crippen LogP contribution in [0.3, 0.4) is 0 Å². The van der Waals surface area contributed by atoms with E-state index < -0.39 is 0 Å². The maximum Gasteiger partial charge on any atom is 0.0711 e. The summed E-state index contributed by atoms with van der Waals surface area (Å²) in [6, 6.07) is 4.03. The molecule has 62 valence electrons. The Labute approximate surface area is 71.0 Å². The lowest BCUT2D eigenvalue weighted by atomic mass is 10.0. The average molecular weight is 171 g/mol. The minimum absolute atomic E-state index is 0.330. The van der Waals surface area contributed by atoms with Gasteiger partial charge in [0.25, 0.3) is 0 Å². The molecule has 0 radical (unpaired) electrons. The lowest BCUT2D eigenvalue weighted by Gasteiger charge is -2.21. The predicted octanol–water partition coefficient (Wildman–Crippen LogP) is 1.57. The van der Waals surface area contributed by atoms with Crippen LogP contribution in [-0.4, -0.2) is 13.7 Å². The number of hydrogen-bond acceptors (Lipinski definition) is 3. The molecule has 3 heteroatoms. The molecular weight excluding hydrogens is 158 g/mol. The van der Waals surface area contributed by atoms with E-state index in [1.165, 1.54) is 4.88 Å². The SMILES string of the molecule is COCC(C)(N)c1cccs1. The van der Waals surface area contributed by atoms with Gasteiger partial charge < -0.3 is 10.5 Å². The second kappa shape index (κ2) is 3.34. The van der Waals surface area contributed by atoms with Crippen molar-refractivity contribution in [3.63, 3.8) is 0 Å². The predicted molar refractivity (Wildman–Crippen MR) is 47.7 cm³/mol. The summed E-state index contributed by atoms with van der Waals surface area (Å²) in [6.45, 7) is 2.54. The molecule has 1 aromatic heterocycles. The smallest absolute Gasteiger partial charge is 0.0711 e. The molecule has 1 atom stereocenters. The molecule has 1 unspecified atom stereocenters. The Balaban J connectivity index is 2.73. The number of thiophene rings is 1. The summed E-state index contributed by atoms with van der Waals surface area (Å²) in [5, 5.41) is 2.02. The van der Waals surface area contributed by atoms with Crippen molar-refractivity contribution in [2.45, 2.75) is 12.5 Å². The molecule has 0 aliphatic heterocycles. The quantitative estimate of drug-likeness (QED) is 0.749. The molecule has 0 amide bonds. The third kappa shape index (κ3) is 2.02. The molecular formula is C8H13NOS. The van der Waals surface area contributed by atoms with Gasteiger partial charge in [-0.05, 0) is 18.4 Å². The topological polar surface area (TPSA) is 35.2 Å². The van der Waals surface area contributed by atoms with Gasteiger partial charge in [0.1, 0.15) is 0 Å². The van der Waals surface area contributed by atoms with Crippen LogP contribution in [-0.2, 0) is 10.3 Å². The van der Waals surface area contributed by atoms with Gasteiger partial charge in [-0.3, -0.25) is 0 Å². The van der Waals surface area contributed by atoms with Crippen molar-refractivity contribution in [2.75, 3.05) is 13.7 Å². The molecule has 0 aliphatic carbocycles. The van der Waals surface area contributed by atoms with Crippen LogP contribution < -0.4 is 5.73 Å². The van der Waals surface area contributed by atoms with E-state index in [0.29, 0.717) is 6.61 Å². The highest BCUT2D eigenvalue weighted by molar-refractivity contribution is 7.10. The zero-order valence-electron chi connectivity index (χ0n) is 6.83. The van der Waals surface area contributed by atoms with Crippen LogP contribution >= 0.6 is 11.3 Å². The van der Waals surface area contributed by atoms with Crippen LogP contribution in [0.25, 0.3) is 0 Å². The fourth-order valence-electron chi connectivity index (χ4n) is 0.975. The van der Waals surface area contributed by atoms with Crippen molar-refractivity contribution in [3.8, 4) is 0 Å². The van der Waals surface area contributed by atoms with Crippen LogP contribution in [0, 0.1) is 0 Å². The van der Waals surface area contributed by atoms with Crippen molar-refractivity contribution in [3.05, 3.63) is 22.4 Å². The Hall–Kier alpha value is -0.380. The lowest BCUT2D eigenvalue weighted by Crippen LogP contribution is -2.36. The summed E-state index contributed by atoms with van der Waals surface area (Å²) in [5.41, 5.74) is 5.65. The van der Waals surface area contributed by atoms with E-state index in [9.17, 15) is 0 Å². The number of ether oxygens (including phenoxy) is 1. The van der Waals surface area contributed by atoms with Crippen molar-refractivity contribution in [1.82, 2.24) is 0 Å². The largest absolute Gasteiger partial charge is 0.382 e. The van der Waals surface area contributed by atoms with Crippen LogP contribution in [0.15, 0.2) is 17.5 Å². The van der Waals surface area contributed by atoms with Crippen molar-refractivity contribution in [2.24, 2.45) is 5.73 Å². The van der Waals surface area contributed by atoms with Crippen LogP contribution in [0.1, 0.15) is 11.8 Å². The maximum absolute atomic E-state index is 5.98. The van der Waals surface area contributed by atoms with Gasteiger partial charge in [-0.25, -0.2) is 0 Å². The van der Waals surface area contributed by atoms with E-state index in [1.54, 1.807) is 18.4 Å². The summed E-state index contributed by atoms with van der Waals surface area (Å²) in [6.07, 6.45) is 0. The summed E-state index contributed by atoms with van der Waals surface area (Å²) in [5.74, 6) is 0. The van der Waals surface area contributed by atoms with E-state index in [-0.39, 0.29) is 5.54 Å². The van der Waals surface area contributed by atoms with E-state index in [4.69, 9.17) is 10.5 Å². The molecule has 0 aliphatic rings. The molecule has 1 heterocycles. The standard InChI is InChI=1S/C8H13NOS/c1-8(9,6-10-2)7-4-3-5-11-7/h3-5H,6,9H2,1-2H3. The van der Waals surface area contributed by atoms with E-state index >= 15 is 0 Å². The molecule has 0 bridgehead atoms. The first-order valence-corrected chi connectivity index (χ1v) is 4.36. The molecule has 0 fully saturated rings. The third-order valence-electron chi connectivity index (χ3n) is 1.53. The van der Waals surface area contributed by atoms with E-state index in [1.807, 2.05) is 24.4 Å². The summed E-state index contributed by atoms with van der Waals surface area (Å²) in [4.78, 5) is 1.17. The Kier molecular flexibility index (Phi) is 2.65. The Bertz CT molecular complexity index is 206. The summed E-state index contributed by atoms with van der Waals surface area (Å²) >= 11 is 1.66. The second-order valence-electron chi connectivity index (χ2n) is 2.83. The fraction of sp³-hybridized carbons (Fsp3) is 0.500. The molecule has 11 heavy (non-hydrogen) atoms. The van der Waals surface area contributed by atoms with Gasteiger partial charge in [0.15, 0.2) is 0 Å². The molecule has 2 nitrogen and oxygen atoms in total. The number of methoxy groups -OCH3 is 1. The zero-order chi connectivity index (χ0) is 8.32. The zero-order valence-corrected chi connectivity index (χ0v) is 7.65. The molecule has 1 rings (SSSR count).